The van der Waals surface area contributed by atoms with E-state index in [4.69, 9.17) is 14.5 Å². The molecule has 1 aliphatic carbocycles. The summed E-state index contributed by atoms with van der Waals surface area (Å²) in [7, 11) is 3.40. The lowest BCUT2D eigenvalue weighted by Crippen LogP contribution is -2.38. The fourth-order valence-corrected chi connectivity index (χ4v) is 6.43. The van der Waals surface area contributed by atoms with Crippen molar-refractivity contribution in [3.63, 3.8) is 0 Å². The summed E-state index contributed by atoms with van der Waals surface area (Å²) in [4.78, 5) is 30.8. The van der Waals surface area contributed by atoms with Crippen LogP contribution in [0.2, 0.25) is 0 Å². The predicted molar refractivity (Wildman–Crippen MR) is 145 cm³/mol. The second-order valence-corrected chi connectivity index (χ2v) is 11.0. The Hall–Kier alpha value is -2.94. The molecule has 3 aromatic rings. The molecule has 1 N–H and O–H groups in total. The highest BCUT2D eigenvalue weighted by Crippen LogP contribution is 2.49. The molecule has 0 saturated heterocycles. The summed E-state index contributed by atoms with van der Waals surface area (Å²) in [6.07, 6.45) is 2.99. The zero-order valence-electron chi connectivity index (χ0n) is 23.0. The predicted octanol–water partition coefficient (Wildman–Crippen LogP) is 4.71. The lowest BCUT2D eigenvalue weighted by Gasteiger charge is -2.39. The normalized spacial score (nSPS) is 17.0. The minimum absolute atomic E-state index is 0.0220. The summed E-state index contributed by atoms with van der Waals surface area (Å²) in [5.41, 5.74) is 6.15. The average molecular weight is 522 g/mol. The number of benzene rings is 1. The molecular weight excluding hydrogens is 485 g/mol. The number of aromatic nitrogens is 2. The molecule has 0 saturated carbocycles. The maximum absolute atomic E-state index is 15.1. The Morgan fingerprint density at radius 2 is 2.08 bits per heavy atom. The zero-order valence-corrected chi connectivity index (χ0v) is 23.0. The van der Waals surface area contributed by atoms with Crippen LogP contribution in [0.5, 0.6) is 0 Å². The van der Waals surface area contributed by atoms with E-state index in [1.54, 1.807) is 11.7 Å². The van der Waals surface area contributed by atoms with Gasteiger partial charge < -0.3 is 18.8 Å². The lowest BCUT2D eigenvalue weighted by atomic mass is 9.72. The largest absolute Gasteiger partial charge is 0.380 e. The second-order valence-electron chi connectivity index (χ2n) is 11.0. The Morgan fingerprint density at radius 3 is 2.74 bits per heavy atom. The van der Waals surface area contributed by atoms with E-state index in [1.165, 1.54) is 6.07 Å². The van der Waals surface area contributed by atoms with Crippen molar-refractivity contribution in [3.05, 3.63) is 61.7 Å². The second kappa shape index (κ2) is 9.98. The van der Waals surface area contributed by atoms with Crippen molar-refractivity contribution in [2.45, 2.75) is 77.5 Å². The smallest absolute Gasteiger partial charge is 0.257 e. The topological polar surface area (TPSA) is 82.5 Å². The van der Waals surface area contributed by atoms with E-state index in [0.717, 1.165) is 41.2 Å². The molecule has 3 heterocycles. The Morgan fingerprint density at radius 1 is 1.32 bits per heavy atom. The number of rotatable bonds is 9. The molecule has 8 heteroatoms. The highest BCUT2D eigenvalue weighted by atomic mass is 19.1. The molecule has 1 aromatic carbocycles. The molecule has 38 heavy (non-hydrogen) atoms. The van der Waals surface area contributed by atoms with Gasteiger partial charge in [-0.3, -0.25) is 10.1 Å². The first kappa shape index (κ1) is 26.7. The lowest BCUT2D eigenvalue weighted by molar-refractivity contribution is -0.109. The Kier molecular flexibility index (Phi) is 7.00. The van der Waals surface area contributed by atoms with Crippen molar-refractivity contribution in [1.82, 2.24) is 14.9 Å². The van der Waals surface area contributed by atoms with E-state index in [9.17, 15) is 9.59 Å². The zero-order chi connectivity index (χ0) is 27.4. The van der Waals surface area contributed by atoms with Gasteiger partial charge in [0.1, 0.15) is 12.1 Å². The molecule has 1 aliphatic heterocycles. The first-order valence-corrected chi connectivity index (χ1v) is 13.3. The molecule has 5 rings (SSSR count). The Balaban J connectivity index is 1.83. The number of hydrogen-bond donors (Lipinski definition) is 1. The van der Waals surface area contributed by atoms with Crippen molar-refractivity contribution in [3.8, 4) is 11.4 Å². The van der Waals surface area contributed by atoms with Crippen LogP contribution in [-0.4, -0.2) is 42.3 Å². The van der Waals surface area contributed by atoms with Gasteiger partial charge in [-0.2, -0.15) is 0 Å². The summed E-state index contributed by atoms with van der Waals surface area (Å²) in [6.45, 7) is 8.83. The molecule has 0 fully saturated rings. The van der Waals surface area contributed by atoms with Gasteiger partial charge in [-0.25, -0.2) is 9.37 Å². The van der Waals surface area contributed by atoms with E-state index >= 15 is 4.39 Å². The van der Waals surface area contributed by atoms with E-state index in [2.05, 4.69) is 19.2 Å². The Labute approximate surface area is 222 Å². The molecule has 0 spiro atoms. The first-order chi connectivity index (χ1) is 18.2. The van der Waals surface area contributed by atoms with Gasteiger partial charge in [0.15, 0.2) is 0 Å². The molecule has 202 valence electrons. The molecule has 2 aromatic heterocycles. The van der Waals surface area contributed by atoms with E-state index in [0.29, 0.717) is 53.3 Å². The summed E-state index contributed by atoms with van der Waals surface area (Å²) in [5.74, 6) is -0.669. The van der Waals surface area contributed by atoms with Crippen LogP contribution in [0.15, 0.2) is 16.9 Å². The summed E-state index contributed by atoms with van der Waals surface area (Å²) >= 11 is 0. The summed E-state index contributed by atoms with van der Waals surface area (Å²) in [6, 6.07) is 3.44. The fraction of sp³-hybridized carbons (Fsp3) is 0.500. The van der Waals surface area contributed by atoms with Gasteiger partial charge in [0, 0.05) is 41.5 Å². The van der Waals surface area contributed by atoms with Gasteiger partial charge in [-0.1, -0.05) is 6.92 Å². The number of hydrogen-bond acceptors (Lipinski definition) is 6. The number of aryl methyl sites for hydroxylation is 1. The highest BCUT2D eigenvalue weighted by molar-refractivity contribution is 5.93. The number of methoxy groups -OCH3 is 1. The van der Waals surface area contributed by atoms with Crippen LogP contribution in [0.25, 0.3) is 22.3 Å². The van der Waals surface area contributed by atoms with Crippen LogP contribution < -0.4 is 10.9 Å². The summed E-state index contributed by atoms with van der Waals surface area (Å²) in [5, 5.41) is 4.06. The molecule has 0 radical (unpaired) electrons. The van der Waals surface area contributed by atoms with Gasteiger partial charge in [0.05, 0.1) is 42.4 Å². The molecular formula is C30H36FN3O4. The van der Waals surface area contributed by atoms with E-state index < -0.39 is 11.5 Å². The highest BCUT2D eigenvalue weighted by Gasteiger charge is 2.41. The van der Waals surface area contributed by atoms with Crippen molar-refractivity contribution in [1.29, 1.82) is 0 Å². The monoisotopic (exact) mass is 521 g/mol. The maximum Gasteiger partial charge on any atom is 0.257 e. The number of aldehydes is 1. The quantitative estimate of drug-likeness (QED) is 0.254. The first-order valence-electron chi connectivity index (χ1n) is 13.3. The maximum atomic E-state index is 15.1. The number of fused-ring (bicyclic) bond motifs is 4. The van der Waals surface area contributed by atoms with Crippen LogP contribution in [0.1, 0.15) is 78.8 Å². The number of nitrogens with one attached hydrogen (secondary N) is 1. The van der Waals surface area contributed by atoms with Gasteiger partial charge >= 0.3 is 0 Å². The van der Waals surface area contributed by atoms with Crippen LogP contribution in [0, 0.1) is 12.7 Å². The van der Waals surface area contributed by atoms with Gasteiger partial charge in [0.2, 0.25) is 0 Å². The van der Waals surface area contributed by atoms with Crippen LogP contribution in [0.3, 0.4) is 0 Å². The van der Waals surface area contributed by atoms with E-state index in [-0.39, 0.29) is 23.9 Å². The molecule has 2 atom stereocenters. The molecule has 2 aliphatic rings. The molecule has 0 bridgehead atoms. The minimum Gasteiger partial charge on any atom is -0.380 e. The van der Waals surface area contributed by atoms with Crippen molar-refractivity contribution < 1.29 is 18.7 Å². The van der Waals surface area contributed by atoms with Crippen molar-refractivity contribution >= 4 is 17.2 Å². The molecule has 7 nitrogen and oxygen atoms in total. The summed E-state index contributed by atoms with van der Waals surface area (Å²) < 4.78 is 28.5. The third-order valence-electron chi connectivity index (χ3n) is 8.49. The third-order valence-corrected chi connectivity index (χ3v) is 8.49. The number of ether oxygens (including phenoxy) is 2. The number of nitrogens with zero attached hydrogens (tertiary/aromatic N) is 2. The van der Waals surface area contributed by atoms with Crippen molar-refractivity contribution in [2.75, 3.05) is 20.9 Å². The molecule has 2 unspecified atom stereocenters. The minimum atomic E-state index is -0.512. The fourth-order valence-electron chi connectivity index (χ4n) is 6.43. The molecule has 0 amide bonds. The average Bonchev–Trinajstić information content (AvgIpc) is 3.27. The van der Waals surface area contributed by atoms with Crippen LogP contribution in [-0.2, 0) is 33.8 Å². The number of pyridine rings is 2. The van der Waals surface area contributed by atoms with Gasteiger partial charge in [-0.15, -0.1) is 0 Å². The van der Waals surface area contributed by atoms with E-state index in [1.807, 2.05) is 27.0 Å². The standard InChI is InChI=1S/C30H36FN3O4/c1-7-17(13-35)19-10-25-28-20(12-34(25)29(36)21(19)14-37-6)26-22(30(3,4)38-15-32-5)9-8-18-16(2)23(31)11-24(33-28)27(18)26/h10-11,13,17,22,32H,7-9,12,14-15H2,1-6H3. The third kappa shape index (κ3) is 4.01. The number of carbonyl (C=O) groups is 1. The number of halogens is 1. The van der Waals surface area contributed by atoms with Crippen LogP contribution in [0.4, 0.5) is 4.39 Å². The Bertz CT molecular complexity index is 1490. The number of carbonyl (C=O) groups excluding carboxylic acids is 1. The van der Waals surface area contributed by atoms with Crippen molar-refractivity contribution in [2.24, 2.45) is 0 Å². The van der Waals surface area contributed by atoms with Crippen LogP contribution >= 0.6 is 0 Å². The van der Waals surface area contributed by atoms with Gasteiger partial charge in [-0.05, 0) is 75.4 Å². The van der Waals surface area contributed by atoms with Gasteiger partial charge in [0.25, 0.3) is 5.56 Å². The SMILES string of the molecule is CCC(C=O)c1cc2n(c(=O)c1COC)Cc1c-2nc2cc(F)c(C)c3c2c1C(C(C)(C)OCNC)CC3.